The molecule has 0 aromatic heterocycles. The predicted molar refractivity (Wildman–Crippen MR) is 115 cm³/mol. The lowest BCUT2D eigenvalue weighted by atomic mass is 10.1. The predicted octanol–water partition coefficient (Wildman–Crippen LogP) is 4.07. The van der Waals surface area contributed by atoms with Gasteiger partial charge in [-0.25, -0.2) is 0 Å². The normalized spacial score (nSPS) is 13.4. The van der Waals surface area contributed by atoms with Gasteiger partial charge < -0.3 is 19.7 Å². The van der Waals surface area contributed by atoms with Crippen molar-refractivity contribution in [2.24, 2.45) is 0 Å². The van der Waals surface area contributed by atoms with Gasteiger partial charge in [0.25, 0.3) is 5.91 Å². The monoisotopic (exact) mass is 392 g/mol. The largest absolute Gasteiger partial charge is 0.490 e. The second-order valence-corrected chi connectivity index (χ2v) is 7.02. The number of hydrogen-bond donors (Lipinski definition) is 1. The zero-order chi connectivity index (χ0) is 20.5. The number of nitrogens with zero attached hydrogens (tertiary/aromatic N) is 1. The van der Waals surface area contributed by atoms with E-state index in [1.807, 2.05) is 54.3 Å². The molecule has 1 amide bonds. The summed E-state index contributed by atoms with van der Waals surface area (Å²) >= 11 is 0. The number of likely N-dealkylation sites (tertiary alicyclic amines) is 1. The fourth-order valence-corrected chi connectivity index (χ4v) is 3.35. The van der Waals surface area contributed by atoms with Gasteiger partial charge in [0, 0.05) is 30.9 Å². The maximum Gasteiger partial charge on any atom is 0.260 e. The van der Waals surface area contributed by atoms with Gasteiger partial charge >= 0.3 is 0 Å². The van der Waals surface area contributed by atoms with Crippen molar-refractivity contribution < 1.29 is 14.3 Å². The Kier molecular flexibility index (Phi) is 7.40. The molecular weight excluding hydrogens is 364 g/mol. The highest BCUT2D eigenvalue weighted by atomic mass is 16.5. The molecule has 0 spiro atoms. The molecule has 1 saturated heterocycles. The lowest BCUT2D eigenvalue weighted by Gasteiger charge is -2.26. The second-order valence-electron chi connectivity index (χ2n) is 7.02. The van der Waals surface area contributed by atoms with Gasteiger partial charge in [0.1, 0.15) is 0 Å². The SMILES string of the molecule is C#Cc1cccc(NCc2ccc(OCC(=O)N3CCCCC3)c(OCC)c2)c1. The van der Waals surface area contributed by atoms with E-state index in [1.54, 1.807) is 0 Å². The van der Waals surface area contributed by atoms with Crippen LogP contribution in [0.2, 0.25) is 0 Å². The molecule has 3 rings (SSSR count). The molecule has 0 aliphatic carbocycles. The van der Waals surface area contributed by atoms with E-state index in [0.29, 0.717) is 24.7 Å². The topological polar surface area (TPSA) is 50.8 Å². The van der Waals surface area contributed by atoms with E-state index in [4.69, 9.17) is 15.9 Å². The van der Waals surface area contributed by atoms with Crippen molar-refractivity contribution >= 4 is 11.6 Å². The summed E-state index contributed by atoms with van der Waals surface area (Å²) in [5.74, 6) is 3.91. The molecule has 0 radical (unpaired) electrons. The molecule has 5 heteroatoms. The zero-order valence-electron chi connectivity index (χ0n) is 16.9. The molecule has 0 atom stereocenters. The van der Waals surface area contributed by atoms with Gasteiger partial charge in [-0.3, -0.25) is 4.79 Å². The van der Waals surface area contributed by atoms with Gasteiger partial charge in [-0.1, -0.05) is 18.1 Å². The molecule has 29 heavy (non-hydrogen) atoms. The van der Waals surface area contributed by atoms with E-state index in [1.165, 1.54) is 6.42 Å². The first-order valence-corrected chi connectivity index (χ1v) is 10.2. The van der Waals surface area contributed by atoms with Crippen LogP contribution in [0.3, 0.4) is 0 Å². The molecule has 1 aliphatic heterocycles. The number of hydrogen-bond acceptors (Lipinski definition) is 4. The summed E-state index contributed by atoms with van der Waals surface area (Å²) in [5, 5.41) is 3.36. The number of rotatable bonds is 8. The highest BCUT2D eigenvalue weighted by Crippen LogP contribution is 2.29. The lowest BCUT2D eigenvalue weighted by Crippen LogP contribution is -2.38. The van der Waals surface area contributed by atoms with E-state index in [0.717, 1.165) is 42.7 Å². The molecule has 0 bridgehead atoms. The minimum absolute atomic E-state index is 0.0336. The average Bonchev–Trinajstić information content (AvgIpc) is 2.77. The fraction of sp³-hybridized carbons (Fsp3) is 0.375. The maximum absolute atomic E-state index is 12.4. The molecule has 152 valence electrons. The maximum atomic E-state index is 12.4. The number of anilines is 1. The van der Waals surface area contributed by atoms with Crippen molar-refractivity contribution in [3.63, 3.8) is 0 Å². The van der Waals surface area contributed by atoms with Crippen LogP contribution in [0.4, 0.5) is 5.69 Å². The Morgan fingerprint density at radius 1 is 1.10 bits per heavy atom. The minimum atomic E-state index is 0.0336. The number of carbonyl (C=O) groups is 1. The minimum Gasteiger partial charge on any atom is -0.490 e. The van der Waals surface area contributed by atoms with Crippen molar-refractivity contribution in [3.8, 4) is 23.8 Å². The van der Waals surface area contributed by atoms with Crippen LogP contribution in [-0.4, -0.2) is 37.1 Å². The Bertz CT molecular complexity index is 867. The highest BCUT2D eigenvalue weighted by Gasteiger charge is 2.17. The number of terminal acetylenes is 1. The van der Waals surface area contributed by atoms with E-state index >= 15 is 0 Å². The molecule has 1 fully saturated rings. The summed E-state index contributed by atoms with van der Waals surface area (Å²) in [6.45, 7) is 4.77. The van der Waals surface area contributed by atoms with Crippen LogP contribution in [0.15, 0.2) is 42.5 Å². The van der Waals surface area contributed by atoms with Gasteiger partial charge in [0.05, 0.1) is 6.61 Å². The number of nitrogens with one attached hydrogen (secondary N) is 1. The quantitative estimate of drug-likeness (QED) is 0.688. The first-order valence-electron chi connectivity index (χ1n) is 10.2. The van der Waals surface area contributed by atoms with Crippen molar-refractivity contribution in [1.82, 2.24) is 4.90 Å². The fourth-order valence-electron chi connectivity index (χ4n) is 3.35. The van der Waals surface area contributed by atoms with Crippen LogP contribution in [-0.2, 0) is 11.3 Å². The third-order valence-corrected chi connectivity index (χ3v) is 4.89. The number of carbonyl (C=O) groups excluding carboxylic acids is 1. The number of piperidine rings is 1. The second kappa shape index (κ2) is 10.4. The van der Waals surface area contributed by atoms with Crippen LogP contribution in [0.25, 0.3) is 0 Å². The van der Waals surface area contributed by atoms with Crippen LogP contribution in [0.1, 0.15) is 37.3 Å². The Morgan fingerprint density at radius 2 is 1.93 bits per heavy atom. The van der Waals surface area contributed by atoms with E-state index < -0.39 is 0 Å². The van der Waals surface area contributed by atoms with Crippen molar-refractivity contribution in [1.29, 1.82) is 0 Å². The zero-order valence-corrected chi connectivity index (χ0v) is 16.9. The van der Waals surface area contributed by atoms with E-state index in [2.05, 4.69) is 11.2 Å². The molecule has 5 nitrogen and oxygen atoms in total. The summed E-state index contributed by atoms with van der Waals surface area (Å²) in [7, 11) is 0. The average molecular weight is 392 g/mol. The molecule has 1 heterocycles. The molecule has 2 aromatic carbocycles. The first kappa shape index (κ1) is 20.6. The lowest BCUT2D eigenvalue weighted by molar-refractivity contribution is -0.134. The number of amides is 1. The van der Waals surface area contributed by atoms with Crippen molar-refractivity contribution in [2.45, 2.75) is 32.7 Å². The molecular formula is C24H28N2O3. The van der Waals surface area contributed by atoms with Gasteiger partial charge in [-0.2, -0.15) is 0 Å². The number of ether oxygens (including phenoxy) is 2. The van der Waals surface area contributed by atoms with Gasteiger partial charge in [-0.05, 0) is 62.1 Å². The molecule has 1 N–H and O–H groups in total. The van der Waals surface area contributed by atoms with Gasteiger partial charge in [0.15, 0.2) is 18.1 Å². The Hall–Kier alpha value is -3.13. The van der Waals surface area contributed by atoms with Crippen LogP contribution in [0, 0.1) is 12.3 Å². The van der Waals surface area contributed by atoms with Gasteiger partial charge in [0.2, 0.25) is 0 Å². The summed E-state index contributed by atoms with van der Waals surface area (Å²) in [6.07, 6.45) is 8.80. The standard InChI is InChI=1S/C24H28N2O3/c1-3-19-9-8-10-21(15-19)25-17-20-11-12-22(23(16-20)28-4-2)29-18-24(27)26-13-6-5-7-14-26/h1,8-12,15-16,25H,4-7,13-14,17-18H2,2H3. The summed E-state index contributed by atoms with van der Waals surface area (Å²) in [6, 6.07) is 13.5. The van der Waals surface area contributed by atoms with Crippen LogP contribution in [0.5, 0.6) is 11.5 Å². The van der Waals surface area contributed by atoms with E-state index in [-0.39, 0.29) is 12.5 Å². The first-order chi connectivity index (χ1) is 14.2. The molecule has 0 saturated carbocycles. The Labute approximate surface area is 173 Å². The highest BCUT2D eigenvalue weighted by molar-refractivity contribution is 5.78. The van der Waals surface area contributed by atoms with Gasteiger partial charge in [-0.15, -0.1) is 6.42 Å². The van der Waals surface area contributed by atoms with Crippen LogP contribution >= 0.6 is 0 Å². The van der Waals surface area contributed by atoms with Crippen molar-refractivity contribution in [3.05, 3.63) is 53.6 Å². The summed E-state index contributed by atoms with van der Waals surface area (Å²) < 4.78 is 11.5. The third-order valence-electron chi connectivity index (χ3n) is 4.89. The molecule has 2 aromatic rings. The third kappa shape index (κ3) is 5.92. The smallest absolute Gasteiger partial charge is 0.260 e. The Morgan fingerprint density at radius 3 is 2.69 bits per heavy atom. The Balaban J connectivity index is 1.61. The van der Waals surface area contributed by atoms with Crippen molar-refractivity contribution in [2.75, 3.05) is 31.6 Å². The summed E-state index contributed by atoms with van der Waals surface area (Å²) in [5.41, 5.74) is 2.85. The molecule has 0 unspecified atom stereocenters. The summed E-state index contributed by atoms with van der Waals surface area (Å²) in [4.78, 5) is 14.2. The van der Waals surface area contributed by atoms with E-state index in [9.17, 15) is 4.79 Å². The molecule has 1 aliphatic rings. The number of benzene rings is 2. The van der Waals surface area contributed by atoms with Crippen LogP contribution < -0.4 is 14.8 Å².